The van der Waals surface area contributed by atoms with Crippen molar-refractivity contribution in [3.8, 4) is 28.6 Å². The van der Waals surface area contributed by atoms with Crippen LogP contribution in [0.3, 0.4) is 0 Å². The fourth-order valence-electron chi connectivity index (χ4n) is 3.08. The summed E-state index contributed by atoms with van der Waals surface area (Å²) < 4.78 is 18.2. The monoisotopic (exact) mass is 437 g/mol. The van der Waals surface area contributed by atoms with Gasteiger partial charge < -0.3 is 14.2 Å². The van der Waals surface area contributed by atoms with E-state index >= 15 is 0 Å². The van der Waals surface area contributed by atoms with Gasteiger partial charge in [-0.15, -0.1) is 5.10 Å². The molecule has 31 heavy (non-hydrogen) atoms. The molecular formula is C23H23N3O4S. The largest absolute Gasteiger partial charge is 0.494 e. The molecule has 4 rings (SSSR count). The molecular weight excluding hydrogens is 414 g/mol. The molecule has 0 aliphatic carbocycles. The molecule has 0 fully saturated rings. The topological polar surface area (TPSA) is 75.0 Å². The van der Waals surface area contributed by atoms with Crippen LogP contribution >= 0.6 is 11.3 Å². The van der Waals surface area contributed by atoms with E-state index in [2.05, 4.69) is 17.0 Å². The highest BCUT2D eigenvalue weighted by atomic mass is 32.1. The van der Waals surface area contributed by atoms with Crippen LogP contribution in [0.15, 0.2) is 47.3 Å². The molecule has 0 saturated carbocycles. The first-order valence-corrected chi connectivity index (χ1v) is 10.8. The van der Waals surface area contributed by atoms with Crippen molar-refractivity contribution < 1.29 is 14.2 Å². The number of methoxy groups -OCH3 is 2. The fraction of sp³-hybridized carbons (Fsp3) is 0.261. The summed E-state index contributed by atoms with van der Waals surface area (Å²) in [5.74, 6) is 2.57. The maximum Gasteiger partial charge on any atom is 0.291 e. The highest BCUT2D eigenvalue weighted by Gasteiger charge is 2.12. The van der Waals surface area contributed by atoms with Gasteiger partial charge in [0.1, 0.15) is 5.75 Å². The van der Waals surface area contributed by atoms with Gasteiger partial charge in [0.15, 0.2) is 17.3 Å². The van der Waals surface area contributed by atoms with Gasteiger partial charge in [-0.1, -0.05) is 30.7 Å². The van der Waals surface area contributed by atoms with Crippen LogP contribution in [0.5, 0.6) is 17.2 Å². The molecule has 2 aromatic carbocycles. The quantitative estimate of drug-likeness (QED) is 0.393. The molecule has 0 aliphatic heterocycles. The predicted molar refractivity (Wildman–Crippen MR) is 121 cm³/mol. The molecule has 7 nitrogen and oxygen atoms in total. The van der Waals surface area contributed by atoms with Gasteiger partial charge in [0.05, 0.1) is 25.4 Å². The van der Waals surface area contributed by atoms with Gasteiger partial charge in [0.25, 0.3) is 5.56 Å². The van der Waals surface area contributed by atoms with Gasteiger partial charge in [-0.25, -0.2) is 0 Å². The Morgan fingerprint density at radius 3 is 2.52 bits per heavy atom. The molecule has 2 aromatic heterocycles. The molecule has 4 aromatic rings. The van der Waals surface area contributed by atoms with Crippen LogP contribution in [0, 0.1) is 0 Å². The molecule has 0 atom stereocenters. The smallest absolute Gasteiger partial charge is 0.291 e. The zero-order valence-electron chi connectivity index (χ0n) is 17.6. The molecule has 0 amide bonds. The maximum absolute atomic E-state index is 12.8. The van der Waals surface area contributed by atoms with E-state index in [-0.39, 0.29) is 5.56 Å². The van der Waals surface area contributed by atoms with E-state index < -0.39 is 0 Å². The minimum absolute atomic E-state index is 0.201. The van der Waals surface area contributed by atoms with E-state index in [1.807, 2.05) is 36.4 Å². The summed E-state index contributed by atoms with van der Waals surface area (Å²) in [7, 11) is 3.16. The second kappa shape index (κ2) is 9.18. The van der Waals surface area contributed by atoms with Crippen molar-refractivity contribution in [1.82, 2.24) is 14.6 Å². The first-order valence-electron chi connectivity index (χ1n) is 9.99. The van der Waals surface area contributed by atoms with Crippen molar-refractivity contribution in [2.75, 3.05) is 20.8 Å². The average molecular weight is 438 g/mol. The van der Waals surface area contributed by atoms with Crippen LogP contribution in [-0.4, -0.2) is 35.4 Å². The lowest BCUT2D eigenvalue weighted by Gasteiger charge is -2.07. The predicted octanol–water partition coefficient (Wildman–Crippen LogP) is 3.56. The van der Waals surface area contributed by atoms with Gasteiger partial charge in [0.2, 0.25) is 4.96 Å². The molecule has 0 unspecified atom stereocenters. The summed E-state index contributed by atoms with van der Waals surface area (Å²) in [4.78, 5) is 17.9. The van der Waals surface area contributed by atoms with Gasteiger partial charge in [-0.2, -0.15) is 9.50 Å². The summed E-state index contributed by atoms with van der Waals surface area (Å²) >= 11 is 1.30. The van der Waals surface area contributed by atoms with Crippen molar-refractivity contribution in [2.24, 2.45) is 0 Å². The summed E-state index contributed by atoms with van der Waals surface area (Å²) in [5.41, 5.74) is 1.47. The highest BCUT2D eigenvalue weighted by molar-refractivity contribution is 7.15. The average Bonchev–Trinajstić information content (AvgIpc) is 3.33. The van der Waals surface area contributed by atoms with Crippen LogP contribution in [0.4, 0.5) is 0 Å². The lowest BCUT2D eigenvalue weighted by Crippen LogP contribution is -2.23. The van der Waals surface area contributed by atoms with Crippen molar-refractivity contribution in [1.29, 1.82) is 0 Å². The van der Waals surface area contributed by atoms with E-state index in [1.165, 1.54) is 15.9 Å². The third kappa shape index (κ3) is 4.39. The zero-order valence-corrected chi connectivity index (χ0v) is 18.4. The van der Waals surface area contributed by atoms with Crippen LogP contribution in [0.25, 0.3) is 22.4 Å². The molecule has 8 heteroatoms. The third-order valence-electron chi connectivity index (χ3n) is 4.77. The molecule has 160 valence electrons. The molecule has 0 radical (unpaired) electrons. The van der Waals surface area contributed by atoms with Gasteiger partial charge in [-0.3, -0.25) is 4.79 Å². The Bertz CT molecular complexity index is 1300. The Morgan fingerprint density at radius 1 is 1.06 bits per heavy atom. The molecule has 0 saturated heterocycles. The van der Waals surface area contributed by atoms with Crippen molar-refractivity contribution in [3.05, 3.63) is 62.9 Å². The Kier molecular flexibility index (Phi) is 6.18. The minimum atomic E-state index is -0.201. The fourth-order valence-corrected chi connectivity index (χ4v) is 3.99. The molecule has 0 spiro atoms. The van der Waals surface area contributed by atoms with Gasteiger partial charge >= 0.3 is 0 Å². The zero-order chi connectivity index (χ0) is 21.8. The van der Waals surface area contributed by atoms with E-state index in [1.54, 1.807) is 26.4 Å². The first kappa shape index (κ1) is 20.9. The van der Waals surface area contributed by atoms with E-state index in [4.69, 9.17) is 14.2 Å². The SMILES string of the molecule is CCCCOc1ccc(-c2nc3s/c(=C\c4ccc(OC)c(OC)c4)c(=O)n3n2)cc1. The lowest BCUT2D eigenvalue weighted by molar-refractivity contribution is 0.309. The van der Waals surface area contributed by atoms with E-state index in [0.717, 1.165) is 29.7 Å². The third-order valence-corrected chi connectivity index (χ3v) is 5.73. The standard InChI is InChI=1S/C23H23N3O4S/c1-4-5-12-30-17-9-7-16(8-10-17)21-24-23-26(25-21)22(27)20(31-23)14-15-6-11-18(28-2)19(13-15)29-3/h6-11,13-14H,4-5,12H2,1-3H3/b20-14-. The second-order valence-electron chi connectivity index (χ2n) is 6.89. The lowest BCUT2D eigenvalue weighted by atomic mass is 10.2. The number of hydrogen-bond acceptors (Lipinski definition) is 7. The maximum atomic E-state index is 12.8. The number of hydrogen-bond donors (Lipinski definition) is 0. The van der Waals surface area contributed by atoms with Crippen LogP contribution in [0.2, 0.25) is 0 Å². The molecule has 0 bridgehead atoms. The molecule has 2 heterocycles. The van der Waals surface area contributed by atoms with Crippen LogP contribution in [-0.2, 0) is 0 Å². The van der Waals surface area contributed by atoms with Gasteiger partial charge in [-0.05, 0) is 54.5 Å². The Labute approximate surface area is 183 Å². The summed E-state index contributed by atoms with van der Waals surface area (Å²) in [6.45, 7) is 2.83. The number of rotatable bonds is 8. The Hall–Kier alpha value is -3.39. The van der Waals surface area contributed by atoms with E-state index in [9.17, 15) is 4.79 Å². The van der Waals surface area contributed by atoms with Crippen molar-refractivity contribution in [2.45, 2.75) is 19.8 Å². The molecule has 0 aliphatic rings. The van der Waals surface area contributed by atoms with Crippen molar-refractivity contribution >= 4 is 22.4 Å². The minimum Gasteiger partial charge on any atom is -0.494 e. The number of ether oxygens (including phenoxy) is 3. The van der Waals surface area contributed by atoms with Gasteiger partial charge in [0, 0.05) is 5.56 Å². The summed E-state index contributed by atoms with van der Waals surface area (Å²) in [6, 6.07) is 13.1. The van der Waals surface area contributed by atoms with E-state index in [0.29, 0.717) is 33.4 Å². The van der Waals surface area contributed by atoms with Crippen LogP contribution in [0.1, 0.15) is 25.3 Å². The number of unbranched alkanes of at least 4 members (excludes halogenated alkanes) is 1. The second-order valence-corrected chi connectivity index (χ2v) is 7.90. The first-order chi connectivity index (χ1) is 15.1. The number of fused-ring (bicyclic) bond motifs is 1. The Morgan fingerprint density at radius 2 is 1.84 bits per heavy atom. The summed E-state index contributed by atoms with van der Waals surface area (Å²) in [6.07, 6.45) is 3.92. The summed E-state index contributed by atoms with van der Waals surface area (Å²) in [5, 5.41) is 4.41. The normalized spacial score (nSPS) is 11.8. The van der Waals surface area contributed by atoms with Crippen LogP contribution < -0.4 is 24.3 Å². The number of nitrogens with zero attached hydrogens (tertiary/aromatic N) is 3. The highest BCUT2D eigenvalue weighted by Crippen LogP contribution is 2.27. The number of benzene rings is 2. The molecule has 0 N–H and O–H groups in total. The Balaban J connectivity index is 1.61. The number of thiazole rings is 1. The number of aromatic nitrogens is 3. The van der Waals surface area contributed by atoms with Crippen molar-refractivity contribution in [3.63, 3.8) is 0 Å².